The van der Waals surface area contributed by atoms with Crippen molar-refractivity contribution in [2.45, 2.75) is 13.3 Å². The average molecular weight is 384 g/mol. The fourth-order valence-corrected chi connectivity index (χ4v) is 2.65. The maximum atomic E-state index is 12.3. The van der Waals surface area contributed by atoms with Crippen molar-refractivity contribution in [3.05, 3.63) is 59.7 Å². The molecule has 28 heavy (non-hydrogen) atoms. The molecule has 2 aromatic rings. The fraction of sp³-hybridized carbons (Fsp3) is 0.286. The molecule has 0 aliphatic rings. The molecule has 0 saturated heterocycles. The van der Waals surface area contributed by atoms with E-state index in [1.54, 1.807) is 31.4 Å². The van der Waals surface area contributed by atoms with E-state index in [9.17, 15) is 14.4 Å². The van der Waals surface area contributed by atoms with Gasteiger partial charge in [-0.05, 0) is 48.4 Å². The molecule has 0 aliphatic heterocycles. The van der Waals surface area contributed by atoms with Crippen LogP contribution in [0.2, 0.25) is 0 Å². The molecular formula is C21H24N2O5. The Morgan fingerprint density at radius 1 is 1.04 bits per heavy atom. The number of rotatable bonds is 8. The molecule has 0 radical (unpaired) electrons. The second-order valence-corrected chi connectivity index (χ2v) is 6.10. The van der Waals surface area contributed by atoms with Crippen molar-refractivity contribution in [1.29, 1.82) is 0 Å². The molecule has 7 heteroatoms. The number of esters is 1. The SMILES string of the molecule is COC(=O)c1ccc(N(CC(=O)NCCc2cccc(OC)c2)C(C)=O)cc1. The largest absolute Gasteiger partial charge is 0.497 e. The quantitative estimate of drug-likeness (QED) is 0.706. The summed E-state index contributed by atoms with van der Waals surface area (Å²) in [6.45, 7) is 1.72. The molecule has 2 rings (SSSR count). The number of methoxy groups -OCH3 is 2. The number of carbonyl (C=O) groups excluding carboxylic acids is 3. The van der Waals surface area contributed by atoms with Crippen LogP contribution in [0.4, 0.5) is 5.69 Å². The highest BCUT2D eigenvalue weighted by atomic mass is 16.5. The van der Waals surface area contributed by atoms with Gasteiger partial charge in [0.15, 0.2) is 0 Å². The summed E-state index contributed by atoms with van der Waals surface area (Å²) in [5.41, 5.74) is 1.95. The normalized spacial score (nSPS) is 10.1. The van der Waals surface area contributed by atoms with E-state index in [4.69, 9.17) is 4.74 Å². The molecule has 0 spiro atoms. The summed E-state index contributed by atoms with van der Waals surface area (Å²) in [6.07, 6.45) is 0.650. The van der Waals surface area contributed by atoms with Crippen LogP contribution in [0.1, 0.15) is 22.8 Å². The van der Waals surface area contributed by atoms with Crippen molar-refractivity contribution in [3.8, 4) is 5.75 Å². The fourth-order valence-electron chi connectivity index (χ4n) is 2.65. The number of hydrogen-bond donors (Lipinski definition) is 1. The number of anilines is 1. The number of nitrogens with zero attached hydrogens (tertiary/aromatic N) is 1. The lowest BCUT2D eigenvalue weighted by Gasteiger charge is -2.21. The number of ether oxygens (including phenoxy) is 2. The van der Waals surface area contributed by atoms with Gasteiger partial charge in [-0.15, -0.1) is 0 Å². The summed E-state index contributed by atoms with van der Waals surface area (Å²) in [5, 5.41) is 2.81. The molecule has 1 N–H and O–H groups in total. The predicted molar refractivity (Wildman–Crippen MR) is 106 cm³/mol. The van der Waals surface area contributed by atoms with Crippen LogP contribution in [-0.4, -0.2) is 45.1 Å². The molecule has 0 fully saturated rings. The second kappa shape index (κ2) is 10.1. The summed E-state index contributed by atoms with van der Waals surface area (Å²) in [4.78, 5) is 37.1. The number of carbonyl (C=O) groups is 3. The third-order valence-electron chi connectivity index (χ3n) is 4.15. The summed E-state index contributed by atoms with van der Waals surface area (Å²) >= 11 is 0. The number of benzene rings is 2. The van der Waals surface area contributed by atoms with Crippen molar-refractivity contribution >= 4 is 23.5 Å². The Morgan fingerprint density at radius 3 is 2.36 bits per heavy atom. The highest BCUT2D eigenvalue weighted by Crippen LogP contribution is 2.16. The summed E-state index contributed by atoms with van der Waals surface area (Å²) in [7, 11) is 2.91. The molecule has 0 saturated carbocycles. The highest BCUT2D eigenvalue weighted by molar-refractivity contribution is 5.98. The van der Waals surface area contributed by atoms with Crippen molar-refractivity contribution < 1.29 is 23.9 Å². The Balaban J connectivity index is 1.93. The van der Waals surface area contributed by atoms with Gasteiger partial charge >= 0.3 is 5.97 Å². The van der Waals surface area contributed by atoms with Crippen molar-refractivity contribution in [3.63, 3.8) is 0 Å². The number of amides is 2. The van der Waals surface area contributed by atoms with E-state index in [-0.39, 0.29) is 18.4 Å². The Bertz CT molecular complexity index is 833. The molecular weight excluding hydrogens is 360 g/mol. The van der Waals surface area contributed by atoms with Crippen molar-refractivity contribution in [2.75, 3.05) is 32.2 Å². The van der Waals surface area contributed by atoms with E-state index in [1.807, 2.05) is 24.3 Å². The monoisotopic (exact) mass is 384 g/mol. The van der Waals surface area contributed by atoms with E-state index < -0.39 is 5.97 Å². The molecule has 7 nitrogen and oxygen atoms in total. The highest BCUT2D eigenvalue weighted by Gasteiger charge is 2.16. The lowest BCUT2D eigenvalue weighted by Crippen LogP contribution is -2.40. The first kappa shape index (κ1) is 21.0. The molecule has 0 atom stereocenters. The van der Waals surface area contributed by atoms with Crippen molar-refractivity contribution in [2.24, 2.45) is 0 Å². The zero-order valence-electron chi connectivity index (χ0n) is 16.2. The second-order valence-electron chi connectivity index (χ2n) is 6.10. The summed E-state index contributed by atoms with van der Waals surface area (Å²) in [5.74, 6) is -0.234. The lowest BCUT2D eigenvalue weighted by molar-refractivity contribution is -0.123. The molecule has 0 aromatic heterocycles. The minimum atomic E-state index is -0.462. The third-order valence-corrected chi connectivity index (χ3v) is 4.15. The van der Waals surface area contributed by atoms with Crippen LogP contribution in [-0.2, 0) is 20.7 Å². The van der Waals surface area contributed by atoms with Gasteiger partial charge in [0.2, 0.25) is 11.8 Å². The minimum Gasteiger partial charge on any atom is -0.497 e. The topological polar surface area (TPSA) is 84.9 Å². The Kier molecular flexibility index (Phi) is 7.56. The smallest absolute Gasteiger partial charge is 0.337 e. The Morgan fingerprint density at radius 2 is 1.75 bits per heavy atom. The third kappa shape index (κ3) is 5.84. The minimum absolute atomic E-state index is 0.106. The van der Waals surface area contributed by atoms with Gasteiger partial charge in [-0.2, -0.15) is 0 Å². The van der Waals surface area contributed by atoms with Crippen LogP contribution in [0.3, 0.4) is 0 Å². The molecule has 2 aromatic carbocycles. The van der Waals surface area contributed by atoms with Gasteiger partial charge in [0.1, 0.15) is 12.3 Å². The number of hydrogen-bond acceptors (Lipinski definition) is 5. The van der Waals surface area contributed by atoms with Gasteiger partial charge in [0.25, 0.3) is 0 Å². The molecule has 148 valence electrons. The molecule has 0 heterocycles. The Labute approximate surface area is 164 Å². The van der Waals surface area contributed by atoms with E-state index in [0.29, 0.717) is 24.2 Å². The first-order valence-electron chi connectivity index (χ1n) is 8.80. The molecule has 0 bridgehead atoms. The van der Waals surface area contributed by atoms with Gasteiger partial charge in [0, 0.05) is 19.2 Å². The van der Waals surface area contributed by atoms with E-state index in [0.717, 1.165) is 11.3 Å². The van der Waals surface area contributed by atoms with Crippen LogP contribution in [0, 0.1) is 0 Å². The maximum absolute atomic E-state index is 12.3. The van der Waals surface area contributed by atoms with Crippen LogP contribution < -0.4 is 15.0 Å². The average Bonchev–Trinajstić information content (AvgIpc) is 2.71. The lowest BCUT2D eigenvalue weighted by atomic mass is 10.1. The predicted octanol–water partition coefficient (Wildman–Crippen LogP) is 2.19. The van der Waals surface area contributed by atoms with E-state index >= 15 is 0 Å². The van der Waals surface area contributed by atoms with Crippen LogP contribution >= 0.6 is 0 Å². The zero-order chi connectivity index (χ0) is 20.5. The first-order valence-corrected chi connectivity index (χ1v) is 8.80. The summed E-state index contributed by atoms with van der Waals surface area (Å²) < 4.78 is 9.83. The van der Waals surface area contributed by atoms with Crippen molar-refractivity contribution in [1.82, 2.24) is 5.32 Å². The van der Waals surface area contributed by atoms with Crippen LogP contribution in [0.15, 0.2) is 48.5 Å². The first-order chi connectivity index (χ1) is 13.4. The van der Waals surface area contributed by atoms with E-state index in [1.165, 1.54) is 18.9 Å². The van der Waals surface area contributed by atoms with Gasteiger partial charge in [-0.25, -0.2) is 4.79 Å². The van der Waals surface area contributed by atoms with Gasteiger partial charge in [-0.3, -0.25) is 9.59 Å². The maximum Gasteiger partial charge on any atom is 0.337 e. The van der Waals surface area contributed by atoms with E-state index in [2.05, 4.69) is 10.1 Å². The Hall–Kier alpha value is -3.35. The van der Waals surface area contributed by atoms with Gasteiger partial charge < -0.3 is 19.7 Å². The molecule has 0 unspecified atom stereocenters. The molecule has 2 amide bonds. The zero-order valence-corrected chi connectivity index (χ0v) is 16.2. The van der Waals surface area contributed by atoms with Gasteiger partial charge in [-0.1, -0.05) is 12.1 Å². The van der Waals surface area contributed by atoms with Crippen LogP contribution in [0.5, 0.6) is 5.75 Å². The van der Waals surface area contributed by atoms with Crippen LogP contribution in [0.25, 0.3) is 0 Å². The standard InChI is InChI=1S/C21H24N2O5/c1-15(24)23(18-9-7-17(8-10-18)21(26)28-3)14-20(25)22-12-11-16-5-4-6-19(13-16)27-2/h4-10,13H,11-12,14H2,1-3H3,(H,22,25). The summed E-state index contributed by atoms with van der Waals surface area (Å²) in [6, 6.07) is 13.9. The van der Waals surface area contributed by atoms with Gasteiger partial charge in [0.05, 0.1) is 19.8 Å². The number of nitrogens with one attached hydrogen (secondary N) is 1. The molecule has 0 aliphatic carbocycles.